The number of ether oxygens (including phenoxy) is 1. The molecule has 0 fully saturated rings. The van der Waals surface area contributed by atoms with Crippen LogP contribution in [0.15, 0.2) is 60.7 Å². The highest BCUT2D eigenvalue weighted by molar-refractivity contribution is 5.76. The molecular weight excluding hydrogens is 329 g/mol. The fourth-order valence-electron chi connectivity index (χ4n) is 2.08. The molecule has 0 bridgehead atoms. The second kappa shape index (κ2) is 6.75. The fourth-order valence-corrected chi connectivity index (χ4v) is 2.08. The molecule has 2 N–H and O–H groups in total. The number of anilines is 2. The molecular formula is C16H12ClF3N2O. The zero-order valence-electron chi connectivity index (χ0n) is 11.7. The number of aromatic nitrogens is 1. The van der Waals surface area contributed by atoms with Crippen LogP contribution in [0.4, 0.5) is 24.7 Å². The molecule has 7 heteroatoms. The maximum atomic E-state index is 12.1. The van der Waals surface area contributed by atoms with Crippen molar-refractivity contribution in [2.75, 3.05) is 5.32 Å². The Morgan fingerprint density at radius 3 is 2.26 bits per heavy atom. The van der Waals surface area contributed by atoms with Crippen LogP contribution >= 0.6 is 0 Å². The van der Waals surface area contributed by atoms with E-state index in [9.17, 15) is 13.2 Å². The molecule has 0 aliphatic heterocycles. The summed E-state index contributed by atoms with van der Waals surface area (Å²) in [6.07, 6.45) is -4.68. The first-order valence-corrected chi connectivity index (χ1v) is 6.53. The second-order valence-corrected chi connectivity index (χ2v) is 4.66. The van der Waals surface area contributed by atoms with Crippen molar-refractivity contribution in [3.8, 4) is 5.75 Å². The number of hydrogen-bond acceptors (Lipinski definition) is 2. The summed E-state index contributed by atoms with van der Waals surface area (Å²) in [6, 6.07) is 17.2. The molecule has 0 aliphatic carbocycles. The first-order valence-electron chi connectivity index (χ1n) is 6.53. The van der Waals surface area contributed by atoms with E-state index < -0.39 is 6.36 Å². The van der Waals surface area contributed by atoms with Crippen molar-refractivity contribution in [1.82, 2.24) is 0 Å². The van der Waals surface area contributed by atoms with Crippen LogP contribution in [-0.4, -0.2) is 6.36 Å². The predicted molar refractivity (Wildman–Crippen MR) is 76.9 cm³/mol. The molecule has 0 amide bonds. The number of pyridine rings is 1. The molecule has 23 heavy (non-hydrogen) atoms. The minimum Gasteiger partial charge on any atom is -1.00 e. The number of rotatable bonds is 3. The van der Waals surface area contributed by atoms with Crippen LogP contribution < -0.4 is 27.4 Å². The molecule has 3 nitrogen and oxygen atoms in total. The van der Waals surface area contributed by atoms with Gasteiger partial charge in [-0.3, -0.25) is 0 Å². The zero-order chi connectivity index (χ0) is 15.6. The smallest absolute Gasteiger partial charge is 0.573 e. The first-order chi connectivity index (χ1) is 10.5. The lowest BCUT2D eigenvalue weighted by molar-refractivity contribution is -0.326. The van der Waals surface area contributed by atoms with E-state index in [0.717, 1.165) is 16.7 Å². The molecule has 2 aromatic carbocycles. The number of hydrogen-bond donors (Lipinski definition) is 1. The number of H-pyrrole nitrogens is 1. The quantitative estimate of drug-likeness (QED) is 0.780. The van der Waals surface area contributed by atoms with Gasteiger partial charge in [-0.05, 0) is 36.4 Å². The number of nitrogens with one attached hydrogen (secondary N) is 2. The molecule has 120 valence electrons. The van der Waals surface area contributed by atoms with Crippen LogP contribution in [0.1, 0.15) is 0 Å². The molecule has 3 rings (SSSR count). The van der Waals surface area contributed by atoms with Gasteiger partial charge in [-0.15, -0.1) is 13.2 Å². The van der Waals surface area contributed by atoms with Crippen LogP contribution in [0.25, 0.3) is 10.9 Å². The standard InChI is InChI=1S/C16H11F3N2O.ClH/c17-16(18,19)22-13-8-6-12(7-9-13)20-15-10-5-11-3-1-2-4-14(11)21-15;/h1-10H,(H,20,21);1H. The minimum atomic E-state index is -4.68. The van der Waals surface area contributed by atoms with Crippen LogP contribution in [-0.2, 0) is 0 Å². The van der Waals surface area contributed by atoms with E-state index in [4.69, 9.17) is 0 Å². The Morgan fingerprint density at radius 2 is 1.57 bits per heavy atom. The van der Waals surface area contributed by atoms with E-state index in [0.29, 0.717) is 5.69 Å². The molecule has 0 atom stereocenters. The van der Waals surface area contributed by atoms with Gasteiger partial charge in [0, 0.05) is 11.5 Å². The molecule has 0 unspecified atom stereocenters. The summed E-state index contributed by atoms with van der Waals surface area (Å²) in [4.78, 5) is 3.21. The number of benzene rings is 2. The van der Waals surface area contributed by atoms with E-state index in [1.54, 1.807) is 0 Å². The molecule has 1 aromatic heterocycles. The topological polar surface area (TPSA) is 35.4 Å². The third kappa shape index (κ3) is 4.50. The van der Waals surface area contributed by atoms with Gasteiger partial charge in [0.1, 0.15) is 17.0 Å². The van der Waals surface area contributed by atoms with Crippen molar-refractivity contribution in [3.05, 3.63) is 60.7 Å². The number of aromatic amines is 1. The molecule has 0 saturated carbocycles. The van der Waals surface area contributed by atoms with Gasteiger partial charge < -0.3 is 17.1 Å². The van der Waals surface area contributed by atoms with Crippen molar-refractivity contribution in [2.24, 2.45) is 0 Å². The van der Waals surface area contributed by atoms with Crippen molar-refractivity contribution >= 4 is 22.4 Å². The summed E-state index contributed by atoms with van der Waals surface area (Å²) in [5, 5.41) is 4.17. The Bertz CT molecular complexity index is 791. The number of alkyl halides is 3. The highest BCUT2D eigenvalue weighted by Crippen LogP contribution is 2.24. The Balaban J connectivity index is 0.00000192. The lowest BCUT2D eigenvalue weighted by Crippen LogP contribution is -3.00. The molecule has 0 spiro atoms. The van der Waals surface area contributed by atoms with E-state index in [1.807, 2.05) is 36.4 Å². The predicted octanol–water partition coefficient (Wildman–Crippen LogP) is 1.30. The Kier molecular flexibility index (Phi) is 4.95. The van der Waals surface area contributed by atoms with Gasteiger partial charge in [-0.25, -0.2) is 10.3 Å². The average Bonchev–Trinajstić information content (AvgIpc) is 2.48. The van der Waals surface area contributed by atoms with Gasteiger partial charge in [0.05, 0.1) is 0 Å². The number of fused-ring (bicyclic) bond motifs is 1. The zero-order valence-corrected chi connectivity index (χ0v) is 12.4. The molecule has 0 saturated heterocycles. The SMILES string of the molecule is FC(F)(F)Oc1ccc(Nc2ccc3ccccc3[nH+]2)cc1.[Cl-]. The average molecular weight is 341 g/mol. The van der Waals surface area contributed by atoms with Gasteiger partial charge in [-0.1, -0.05) is 18.2 Å². The lowest BCUT2D eigenvalue weighted by atomic mass is 10.2. The van der Waals surface area contributed by atoms with Crippen molar-refractivity contribution in [2.45, 2.75) is 6.36 Å². The molecule has 3 aromatic rings. The summed E-state index contributed by atoms with van der Waals surface area (Å²) < 4.78 is 40.1. The monoisotopic (exact) mass is 340 g/mol. The Morgan fingerprint density at radius 1 is 0.870 bits per heavy atom. The van der Waals surface area contributed by atoms with Crippen LogP contribution in [0.3, 0.4) is 0 Å². The van der Waals surface area contributed by atoms with Gasteiger partial charge in [0.2, 0.25) is 0 Å². The fraction of sp³-hybridized carbons (Fsp3) is 0.0625. The summed E-state index contributed by atoms with van der Waals surface area (Å²) in [5.41, 5.74) is 1.62. The van der Waals surface area contributed by atoms with Gasteiger partial charge >= 0.3 is 6.36 Å². The normalized spacial score (nSPS) is 10.9. The van der Waals surface area contributed by atoms with Crippen molar-refractivity contribution < 1.29 is 35.3 Å². The summed E-state index contributed by atoms with van der Waals surface area (Å²) in [7, 11) is 0. The molecule has 0 aliphatic rings. The van der Waals surface area contributed by atoms with E-state index in [1.165, 1.54) is 24.3 Å². The van der Waals surface area contributed by atoms with E-state index in [-0.39, 0.29) is 18.2 Å². The van der Waals surface area contributed by atoms with Crippen molar-refractivity contribution in [1.29, 1.82) is 0 Å². The van der Waals surface area contributed by atoms with Crippen LogP contribution in [0, 0.1) is 0 Å². The summed E-state index contributed by atoms with van der Waals surface area (Å²) >= 11 is 0. The maximum Gasteiger partial charge on any atom is 0.573 e. The summed E-state index contributed by atoms with van der Waals surface area (Å²) in [6.45, 7) is 0. The molecule has 0 radical (unpaired) electrons. The van der Waals surface area contributed by atoms with Crippen molar-refractivity contribution in [3.63, 3.8) is 0 Å². The second-order valence-electron chi connectivity index (χ2n) is 4.66. The maximum absolute atomic E-state index is 12.1. The van der Waals surface area contributed by atoms with Crippen LogP contribution in [0.2, 0.25) is 0 Å². The lowest BCUT2D eigenvalue weighted by Gasteiger charge is -2.08. The van der Waals surface area contributed by atoms with Crippen LogP contribution in [0.5, 0.6) is 5.75 Å². The third-order valence-electron chi connectivity index (χ3n) is 3.03. The highest BCUT2D eigenvalue weighted by atomic mass is 35.5. The highest BCUT2D eigenvalue weighted by Gasteiger charge is 2.31. The van der Waals surface area contributed by atoms with Gasteiger partial charge in [0.15, 0.2) is 0 Å². The molecule has 1 heterocycles. The number of halogens is 4. The minimum absolute atomic E-state index is 0. The Labute approximate surface area is 136 Å². The summed E-state index contributed by atoms with van der Waals surface area (Å²) in [5.74, 6) is 0.490. The van der Waals surface area contributed by atoms with E-state index >= 15 is 0 Å². The van der Waals surface area contributed by atoms with Gasteiger partial charge in [0.25, 0.3) is 5.82 Å². The van der Waals surface area contributed by atoms with E-state index in [2.05, 4.69) is 15.0 Å². The Hall–Kier alpha value is -2.47. The van der Waals surface area contributed by atoms with Gasteiger partial charge in [-0.2, -0.15) is 0 Å². The third-order valence-corrected chi connectivity index (χ3v) is 3.03. The largest absolute Gasteiger partial charge is 1.00 e. The number of para-hydroxylation sites is 1. The first kappa shape index (κ1) is 16.9.